The van der Waals surface area contributed by atoms with Gasteiger partial charge in [0.15, 0.2) is 0 Å². The lowest BCUT2D eigenvalue weighted by Gasteiger charge is -2.24. The molecule has 0 radical (unpaired) electrons. The van der Waals surface area contributed by atoms with Gasteiger partial charge in [0, 0.05) is 13.1 Å². The third-order valence-electron chi connectivity index (χ3n) is 5.49. The zero-order valence-electron chi connectivity index (χ0n) is 14.5. The molecule has 2 aliphatic rings. The molecular weight excluding hydrogens is 304 g/mol. The van der Waals surface area contributed by atoms with Crippen LogP contribution in [0.3, 0.4) is 0 Å². The standard InChI is InChI=1S/C19H26N2O3/c1-13(15-8-7-14-5-3-4-6-16(14)11-15)20-18(24)21-10-9-19(2,12-21)17(22)23/h7-8,11,13H,3-6,9-10,12H2,1-2H3,(H,20,24)(H,22,23)/t13-,19?/m1/s1. The number of benzene rings is 1. The van der Waals surface area contributed by atoms with Crippen molar-refractivity contribution in [3.8, 4) is 0 Å². The minimum atomic E-state index is -0.833. The summed E-state index contributed by atoms with van der Waals surface area (Å²) >= 11 is 0. The van der Waals surface area contributed by atoms with E-state index in [1.807, 2.05) is 6.92 Å². The number of nitrogens with one attached hydrogen (secondary N) is 1. The molecule has 0 aromatic heterocycles. The van der Waals surface area contributed by atoms with Gasteiger partial charge in [-0.05, 0) is 62.6 Å². The van der Waals surface area contributed by atoms with E-state index < -0.39 is 11.4 Å². The molecule has 0 saturated carbocycles. The van der Waals surface area contributed by atoms with Crippen LogP contribution in [0.15, 0.2) is 18.2 Å². The van der Waals surface area contributed by atoms with E-state index in [4.69, 9.17) is 0 Å². The summed E-state index contributed by atoms with van der Waals surface area (Å²) in [5.41, 5.74) is 3.12. The fourth-order valence-electron chi connectivity index (χ4n) is 3.69. The predicted octanol–water partition coefficient (Wildman–Crippen LogP) is 3.13. The molecule has 2 N–H and O–H groups in total. The molecule has 5 nitrogen and oxygen atoms in total. The number of urea groups is 1. The molecule has 1 aromatic carbocycles. The van der Waals surface area contributed by atoms with Gasteiger partial charge in [-0.2, -0.15) is 0 Å². The van der Waals surface area contributed by atoms with Crippen molar-refractivity contribution in [3.05, 3.63) is 34.9 Å². The summed E-state index contributed by atoms with van der Waals surface area (Å²) in [7, 11) is 0. The second-order valence-electron chi connectivity index (χ2n) is 7.44. The van der Waals surface area contributed by atoms with Crippen molar-refractivity contribution in [2.24, 2.45) is 5.41 Å². The van der Waals surface area contributed by atoms with E-state index in [2.05, 4.69) is 23.5 Å². The molecule has 1 unspecified atom stereocenters. The van der Waals surface area contributed by atoms with Crippen LogP contribution in [0.2, 0.25) is 0 Å². The molecule has 2 amide bonds. The minimum Gasteiger partial charge on any atom is -0.481 e. The van der Waals surface area contributed by atoms with Crippen molar-refractivity contribution in [3.63, 3.8) is 0 Å². The first-order chi connectivity index (χ1) is 11.4. The molecule has 1 heterocycles. The van der Waals surface area contributed by atoms with Gasteiger partial charge in [-0.15, -0.1) is 0 Å². The number of aliphatic carboxylic acids is 1. The van der Waals surface area contributed by atoms with Crippen LogP contribution in [0.4, 0.5) is 4.79 Å². The highest BCUT2D eigenvalue weighted by molar-refractivity contribution is 5.79. The molecule has 130 valence electrons. The SMILES string of the molecule is C[C@@H](NC(=O)N1CCC(C)(C(=O)O)C1)c1ccc2c(c1)CCCC2. The summed E-state index contributed by atoms with van der Waals surface area (Å²) in [5, 5.41) is 12.3. The van der Waals surface area contributed by atoms with Crippen molar-refractivity contribution >= 4 is 12.0 Å². The van der Waals surface area contributed by atoms with Crippen LogP contribution in [0.5, 0.6) is 0 Å². The number of carboxylic acid groups (broad SMARTS) is 1. The Kier molecular flexibility index (Phi) is 4.52. The molecule has 1 saturated heterocycles. The van der Waals surface area contributed by atoms with Gasteiger partial charge < -0.3 is 15.3 Å². The zero-order chi connectivity index (χ0) is 17.3. The molecular formula is C19H26N2O3. The highest BCUT2D eigenvalue weighted by Crippen LogP contribution is 2.30. The maximum Gasteiger partial charge on any atom is 0.317 e. The van der Waals surface area contributed by atoms with Crippen molar-refractivity contribution < 1.29 is 14.7 Å². The minimum absolute atomic E-state index is 0.0820. The van der Waals surface area contributed by atoms with Gasteiger partial charge in [0.1, 0.15) is 0 Å². The number of hydrogen-bond acceptors (Lipinski definition) is 2. The second-order valence-corrected chi connectivity index (χ2v) is 7.44. The van der Waals surface area contributed by atoms with Gasteiger partial charge in [0.2, 0.25) is 0 Å². The molecule has 1 aromatic rings. The van der Waals surface area contributed by atoms with Crippen molar-refractivity contribution in [2.75, 3.05) is 13.1 Å². The summed E-state index contributed by atoms with van der Waals surface area (Å²) in [5.74, 6) is -0.833. The Balaban J connectivity index is 1.64. The van der Waals surface area contributed by atoms with E-state index in [1.54, 1.807) is 11.8 Å². The molecule has 3 rings (SSSR count). The third-order valence-corrected chi connectivity index (χ3v) is 5.49. The summed E-state index contributed by atoms with van der Waals surface area (Å²) in [6, 6.07) is 6.24. The number of carbonyl (C=O) groups is 2. The largest absolute Gasteiger partial charge is 0.481 e. The fourth-order valence-corrected chi connectivity index (χ4v) is 3.69. The smallest absolute Gasteiger partial charge is 0.317 e. The Morgan fingerprint density at radius 1 is 1.25 bits per heavy atom. The number of amides is 2. The number of nitrogens with zero attached hydrogens (tertiary/aromatic N) is 1. The van der Waals surface area contributed by atoms with Gasteiger partial charge in [0.25, 0.3) is 0 Å². The van der Waals surface area contributed by atoms with Crippen LogP contribution < -0.4 is 5.32 Å². The zero-order valence-corrected chi connectivity index (χ0v) is 14.5. The number of hydrogen-bond donors (Lipinski definition) is 2. The van der Waals surface area contributed by atoms with Gasteiger partial charge in [0.05, 0.1) is 11.5 Å². The van der Waals surface area contributed by atoms with E-state index in [0.717, 1.165) is 18.4 Å². The Bertz CT molecular complexity index is 658. The summed E-state index contributed by atoms with van der Waals surface area (Å²) in [6.45, 7) is 4.45. The van der Waals surface area contributed by atoms with Crippen molar-refractivity contribution in [2.45, 2.75) is 52.0 Å². The van der Waals surface area contributed by atoms with E-state index in [0.29, 0.717) is 13.0 Å². The number of likely N-dealkylation sites (tertiary alicyclic amines) is 1. The van der Waals surface area contributed by atoms with E-state index in [1.165, 1.54) is 24.0 Å². The monoisotopic (exact) mass is 330 g/mol. The molecule has 2 atom stereocenters. The van der Waals surface area contributed by atoms with Crippen LogP contribution in [0.1, 0.15) is 55.8 Å². The topological polar surface area (TPSA) is 69.6 Å². The van der Waals surface area contributed by atoms with Crippen molar-refractivity contribution in [1.82, 2.24) is 10.2 Å². The Morgan fingerprint density at radius 3 is 2.62 bits per heavy atom. The predicted molar refractivity (Wildman–Crippen MR) is 92.0 cm³/mol. The lowest BCUT2D eigenvalue weighted by Crippen LogP contribution is -2.41. The quantitative estimate of drug-likeness (QED) is 0.894. The third kappa shape index (κ3) is 3.25. The van der Waals surface area contributed by atoms with Gasteiger partial charge in [-0.3, -0.25) is 4.79 Å². The maximum absolute atomic E-state index is 12.5. The molecule has 1 fully saturated rings. The van der Waals surface area contributed by atoms with E-state index >= 15 is 0 Å². The average molecular weight is 330 g/mol. The molecule has 1 aliphatic carbocycles. The number of carbonyl (C=O) groups excluding carboxylic acids is 1. The van der Waals surface area contributed by atoms with E-state index in [-0.39, 0.29) is 18.6 Å². The summed E-state index contributed by atoms with van der Waals surface area (Å²) in [4.78, 5) is 25.4. The molecule has 0 bridgehead atoms. The van der Waals surface area contributed by atoms with Crippen LogP contribution in [0.25, 0.3) is 0 Å². The summed E-state index contributed by atoms with van der Waals surface area (Å²) < 4.78 is 0. The lowest BCUT2D eigenvalue weighted by atomic mass is 9.89. The van der Waals surface area contributed by atoms with Gasteiger partial charge >= 0.3 is 12.0 Å². The normalized spacial score (nSPS) is 24.3. The van der Waals surface area contributed by atoms with Crippen molar-refractivity contribution in [1.29, 1.82) is 0 Å². The lowest BCUT2D eigenvalue weighted by molar-refractivity contribution is -0.146. The van der Waals surface area contributed by atoms with Crippen LogP contribution in [-0.4, -0.2) is 35.1 Å². The Morgan fingerprint density at radius 2 is 1.96 bits per heavy atom. The van der Waals surface area contributed by atoms with Gasteiger partial charge in [-0.25, -0.2) is 4.79 Å². The Labute approximate surface area is 143 Å². The molecule has 0 spiro atoms. The molecule has 5 heteroatoms. The first-order valence-corrected chi connectivity index (χ1v) is 8.79. The maximum atomic E-state index is 12.5. The summed E-state index contributed by atoms with van der Waals surface area (Å²) in [6.07, 6.45) is 5.27. The van der Waals surface area contributed by atoms with Gasteiger partial charge in [-0.1, -0.05) is 18.2 Å². The molecule has 24 heavy (non-hydrogen) atoms. The number of fused-ring (bicyclic) bond motifs is 1. The first-order valence-electron chi connectivity index (χ1n) is 8.79. The van der Waals surface area contributed by atoms with Crippen LogP contribution in [0, 0.1) is 5.41 Å². The number of aryl methyl sites for hydroxylation is 2. The van der Waals surface area contributed by atoms with Crippen LogP contribution in [-0.2, 0) is 17.6 Å². The van der Waals surface area contributed by atoms with E-state index in [9.17, 15) is 14.7 Å². The van der Waals surface area contributed by atoms with Crippen LogP contribution >= 0.6 is 0 Å². The first kappa shape index (κ1) is 16.8. The highest BCUT2D eigenvalue weighted by atomic mass is 16.4. The molecule has 1 aliphatic heterocycles. The average Bonchev–Trinajstić information content (AvgIpc) is 2.98. The number of rotatable bonds is 3. The Hall–Kier alpha value is -2.04. The highest BCUT2D eigenvalue weighted by Gasteiger charge is 2.42. The second kappa shape index (κ2) is 6.46. The fraction of sp³-hybridized carbons (Fsp3) is 0.579. The number of carboxylic acids is 1.